The molecule has 3 heterocycles. The molecular weight excluding hydrogens is 586 g/mol. The first-order valence-electron chi connectivity index (χ1n) is 13.4. The predicted octanol–water partition coefficient (Wildman–Crippen LogP) is 5.22. The van der Waals surface area contributed by atoms with Crippen LogP contribution in [0.15, 0.2) is 104 Å². The first-order chi connectivity index (χ1) is 20.2. The van der Waals surface area contributed by atoms with Gasteiger partial charge in [0.1, 0.15) is 29.7 Å². The summed E-state index contributed by atoms with van der Waals surface area (Å²) in [6, 6.07) is 29.9. The average Bonchev–Trinajstić information content (AvgIpc) is 3.61. The highest BCUT2D eigenvalue weighted by atomic mass is 79.9. The van der Waals surface area contributed by atoms with Gasteiger partial charge in [0.05, 0.1) is 19.5 Å². The third kappa shape index (κ3) is 6.32. The zero-order valence-corrected chi connectivity index (χ0v) is 23.7. The first kappa shape index (κ1) is 27.5. The van der Waals surface area contributed by atoms with Crippen LogP contribution < -0.4 is 5.32 Å². The highest BCUT2D eigenvalue weighted by Crippen LogP contribution is 2.39. The highest BCUT2D eigenvalue weighted by Gasteiger charge is 2.50. The molecule has 2 N–H and O–H groups in total. The van der Waals surface area contributed by atoms with Crippen LogP contribution in [0.4, 0.5) is 5.82 Å². The lowest BCUT2D eigenvalue weighted by Crippen LogP contribution is -2.40. The zero-order valence-electron chi connectivity index (χ0n) is 22.2. The number of hydrogen-bond acceptors (Lipinski definition) is 8. The largest absolute Gasteiger partial charge is 0.379 e. The molecule has 41 heavy (non-hydrogen) atoms. The van der Waals surface area contributed by atoms with E-state index in [4.69, 9.17) is 14.2 Å². The molecule has 0 amide bonds. The topological polar surface area (TPSA) is 104 Å². The number of nitrogens with one attached hydrogen (secondary N) is 1. The SMILES string of the molecule is OC(Br)[C@H]1O[C@@H](n2cnc3c(NCc4ccccc4)ncnc32)[C@H](OCc2ccccc2)[C@@H]1OCc1ccccc1. The van der Waals surface area contributed by atoms with Gasteiger partial charge in [0.15, 0.2) is 23.2 Å². The Morgan fingerprint density at radius 2 is 1.39 bits per heavy atom. The van der Waals surface area contributed by atoms with Gasteiger partial charge in [0, 0.05) is 6.54 Å². The summed E-state index contributed by atoms with van der Waals surface area (Å²) in [7, 11) is 0. The van der Waals surface area contributed by atoms with Gasteiger partial charge in [-0.1, -0.05) is 107 Å². The third-order valence-corrected chi connectivity index (χ3v) is 7.52. The summed E-state index contributed by atoms with van der Waals surface area (Å²) in [6.45, 7) is 1.27. The number of aromatic nitrogens is 4. The van der Waals surface area contributed by atoms with Crippen LogP contribution >= 0.6 is 15.9 Å². The van der Waals surface area contributed by atoms with Crippen LogP contribution in [-0.4, -0.2) is 48.0 Å². The number of anilines is 1. The van der Waals surface area contributed by atoms with E-state index >= 15 is 0 Å². The second-order valence-corrected chi connectivity index (χ2v) is 10.7. The van der Waals surface area contributed by atoms with Gasteiger partial charge < -0.3 is 24.6 Å². The number of benzene rings is 3. The van der Waals surface area contributed by atoms with Gasteiger partial charge in [0.2, 0.25) is 0 Å². The molecule has 1 aliphatic rings. The van der Waals surface area contributed by atoms with E-state index < -0.39 is 29.6 Å². The van der Waals surface area contributed by atoms with Gasteiger partial charge in [-0.25, -0.2) is 15.0 Å². The van der Waals surface area contributed by atoms with E-state index in [9.17, 15) is 5.11 Å². The molecule has 5 atom stereocenters. The second-order valence-electron chi connectivity index (χ2n) is 9.77. The van der Waals surface area contributed by atoms with E-state index in [0.29, 0.717) is 36.7 Å². The Morgan fingerprint density at radius 3 is 2.00 bits per heavy atom. The van der Waals surface area contributed by atoms with Crippen molar-refractivity contribution in [2.24, 2.45) is 0 Å². The molecule has 3 aromatic carbocycles. The molecule has 0 bridgehead atoms. The lowest BCUT2D eigenvalue weighted by Gasteiger charge is -2.26. The zero-order chi connectivity index (χ0) is 28.0. The predicted molar refractivity (Wildman–Crippen MR) is 158 cm³/mol. The van der Waals surface area contributed by atoms with Crippen LogP contribution in [0.3, 0.4) is 0 Å². The summed E-state index contributed by atoms with van der Waals surface area (Å²) < 4.78 is 21.2. The quantitative estimate of drug-likeness (QED) is 0.195. The van der Waals surface area contributed by atoms with E-state index in [1.807, 2.05) is 95.6 Å². The molecule has 0 spiro atoms. The molecule has 1 aliphatic heterocycles. The number of fused-ring (bicyclic) bond motifs is 1. The minimum Gasteiger partial charge on any atom is -0.379 e. The summed E-state index contributed by atoms with van der Waals surface area (Å²) in [5, 5.41) is 13.1. The van der Waals surface area contributed by atoms with Gasteiger partial charge in [-0.05, 0) is 16.7 Å². The molecule has 0 saturated carbocycles. The normalized spacial score (nSPS) is 21.2. The Labute approximate surface area is 246 Å². The summed E-state index contributed by atoms with van der Waals surface area (Å²) in [4.78, 5) is 13.6. The molecule has 210 valence electrons. The fourth-order valence-electron chi connectivity index (χ4n) is 4.96. The lowest BCUT2D eigenvalue weighted by molar-refractivity contribution is -0.0903. The maximum Gasteiger partial charge on any atom is 0.167 e. The van der Waals surface area contributed by atoms with Gasteiger partial charge >= 0.3 is 0 Å². The number of halogens is 1. The molecule has 5 aromatic rings. The minimum absolute atomic E-state index is 0.337. The van der Waals surface area contributed by atoms with E-state index in [0.717, 1.165) is 16.7 Å². The summed E-state index contributed by atoms with van der Waals surface area (Å²) >= 11 is 3.32. The number of aliphatic hydroxyl groups is 1. The molecule has 1 unspecified atom stereocenters. The Balaban J connectivity index is 1.30. The number of imidazole rings is 1. The number of ether oxygens (including phenoxy) is 3. The second kappa shape index (κ2) is 12.9. The molecule has 1 fully saturated rings. The molecule has 9 nitrogen and oxygen atoms in total. The van der Waals surface area contributed by atoms with E-state index in [2.05, 4.69) is 36.2 Å². The molecule has 10 heteroatoms. The molecule has 6 rings (SSSR count). The Morgan fingerprint density at radius 1 is 0.805 bits per heavy atom. The molecular formula is C31H30BrN5O4. The van der Waals surface area contributed by atoms with Crippen LogP contribution in [0.2, 0.25) is 0 Å². The molecule has 2 aromatic heterocycles. The van der Waals surface area contributed by atoms with Crippen molar-refractivity contribution in [1.29, 1.82) is 0 Å². The van der Waals surface area contributed by atoms with Crippen molar-refractivity contribution < 1.29 is 19.3 Å². The summed E-state index contributed by atoms with van der Waals surface area (Å²) in [6.07, 6.45) is 0.631. The van der Waals surface area contributed by atoms with Crippen LogP contribution in [0, 0.1) is 0 Å². The number of hydrogen-bond donors (Lipinski definition) is 2. The van der Waals surface area contributed by atoms with Gasteiger partial charge in [-0.2, -0.15) is 0 Å². The van der Waals surface area contributed by atoms with Crippen molar-refractivity contribution in [3.63, 3.8) is 0 Å². The van der Waals surface area contributed by atoms with Crippen LogP contribution in [0.25, 0.3) is 11.2 Å². The smallest absolute Gasteiger partial charge is 0.167 e. The van der Waals surface area contributed by atoms with Crippen LogP contribution in [0.5, 0.6) is 0 Å². The number of rotatable bonds is 11. The van der Waals surface area contributed by atoms with E-state index in [1.54, 1.807) is 6.33 Å². The fraction of sp³-hybridized carbons (Fsp3) is 0.258. The van der Waals surface area contributed by atoms with Gasteiger partial charge in [-0.3, -0.25) is 4.57 Å². The molecule has 0 aliphatic carbocycles. The first-order valence-corrected chi connectivity index (χ1v) is 14.3. The van der Waals surface area contributed by atoms with Crippen molar-refractivity contribution >= 4 is 32.9 Å². The molecule has 0 radical (unpaired) electrons. The standard InChI is InChI=1S/C31H30BrN5O4/c32-28(38)26-25(39-17-22-12-6-2-7-13-22)27(40-18-23-14-8-3-9-15-23)31(41-26)37-20-36-24-29(34-19-35-30(24)37)33-16-21-10-4-1-5-11-21/h1-15,19-20,25-28,31,38H,16-18H2,(H,33,34,35)/t25-,26+,27-,28?,31-/m1/s1. The lowest BCUT2D eigenvalue weighted by atomic mass is 10.1. The molecule has 1 saturated heterocycles. The number of nitrogens with zero attached hydrogens (tertiary/aromatic N) is 4. The van der Waals surface area contributed by atoms with Crippen molar-refractivity contribution in [2.45, 2.75) is 49.3 Å². The maximum atomic E-state index is 10.7. The fourth-order valence-corrected chi connectivity index (χ4v) is 5.39. The minimum atomic E-state index is -0.983. The third-order valence-electron chi connectivity index (χ3n) is 7.00. The Kier molecular flexibility index (Phi) is 8.64. The Hall–Kier alpha value is -3.67. The summed E-state index contributed by atoms with van der Waals surface area (Å²) in [5.41, 5.74) is 4.34. The van der Waals surface area contributed by atoms with Crippen LogP contribution in [-0.2, 0) is 34.0 Å². The highest BCUT2D eigenvalue weighted by molar-refractivity contribution is 9.09. The van der Waals surface area contributed by atoms with E-state index in [-0.39, 0.29) is 0 Å². The maximum absolute atomic E-state index is 10.7. The van der Waals surface area contributed by atoms with Crippen molar-refractivity contribution in [1.82, 2.24) is 19.5 Å². The van der Waals surface area contributed by atoms with Crippen molar-refractivity contribution in [3.8, 4) is 0 Å². The monoisotopic (exact) mass is 615 g/mol. The van der Waals surface area contributed by atoms with Gasteiger partial charge in [0.25, 0.3) is 0 Å². The van der Waals surface area contributed by atoms with Crippen molar-refractivity contribution in [3.05, 3.63) is 120 Å². The summed E-state index contributed by atoms with van der Waals surface area (Å²) in [5.74, 6) is 0.617. The average molecular weight is 617 g/mol. The number of alkyl halides is 1. The number of aliphatic hydroxyl groups excluding tert-OH is 1. The van der Waals surface area contributed by atoms with E-state index in [1.165, 1.54) is 6.33 Å². The van der Waals surface area contributed by atoms with Crippen molar-refractivity contribution in [2.75, 3.05) is 5.32 Å². The van der Waals surface area contributed by atoms with Crippen LogP contribution in [0.1, 0.15) is 22.9 Å². The Bertz CT molecular complexity index is 1540. The van der Waals surface area contributed by atoms with Gasteiger partial charge in [-0.15, -0.1) is 0 Å².